The molecule has 5 rings (SSSR count). The van der Waals surface area contributed by atoms with Crippen LogP contribution in [0.2, 0.25) is 0 Å². The van der Waals surface area contributed by atoms with Crippen molar-refractivity contribution in [2.45, 2.75) is 64.2 Å². The number of methoxy groups -OCH3 is 1. The maximum absolute atomic E-state index is 15.0. The summed E-state index contributed by atoms with van der Waals surface area (Å²) in [6.07, 6.45) is -0.408. The Balaban J connectivity index is 1.32. The van der Waals surface area contributed by atoms with E-state index in [9.17, 15) is 30.8 Å². The fourth-order valence-corrected chi connectivity index (χ4v) is 7.37. The number of rotatable bonds is 11. The molecular weight excluding hydrogens is 616 g/mol. The molecule has 1 aliphatic heterocycles. The van der Waals surface area contributed by atoms with Crippen molar-refractivity contribution in [3.8, 4) is 11.1 Å². The molecule has 0 unspecified atom stereocenters. The molecule has 2 N–H and O–H groups in total. The van der Waals surface area contributed by atoms with E-state index in [2.05, 4.69) is 15.2 Å². The lowest BCUT2D eigenvalue weighted by Crippen LogP contribution is -2.58. The van der Waals surface area contributed by atoms with E-state index >= 15 is 0 Å². The second-order valence-corrected chi connectivity index (χ2v) is 14.2. The van der Waals surface area contributed by atoms with Gasteiger partial charge in [-0.05, 0) is 68.7 Å². The first kappa shape index (κ1) is 33.1. The molecule has 0 atom stereocenters. The van der Waals surface area contributed by atoms with Gasteiger partial charge in [0.05, 0.1) is 24.5 Å². The number of anilines is 2. The zero-order chi connectivity index (χ0) is 32.6. The van der Waals surface area contributed by atoms with Crippen LogP contribution in [0.3, 0.4) is 0 Å². The zero-order valence-electron chi connectivity index (χ0n) is 25.5. The average molecular weight is 655 g/mol. The van der Waals surface area contributed by atoms with Gasteiger partial charge in [0.25, 0.3) is 5.56 Å². The van der Waals surface area contributed by atoms with E-state index in [0.717, 1.165) is 64.1 Å². The van der Waals surface area contributed by atoms with Gasteiger partial charge in [-0.25, -0.2) is 17.8 Å². The van der Waals surface area contributed by atoms with Crippen LogP contribution in [0.1, 0.15) is 52.0 Å². The van der Waals surface area contributed by atoms with Crippen molar-refractivity contribution in [3.63, 3.8) is 0 Å². The van der Waals surface area contributed by atoms with Crippen molar-refractivity contribution in [1.82, 2.24) is 19.4 Å². The highest BCUT2D eigenvalue weighted by Gasteiger charge is 2.44. The van der Waals surface area contributed by atoms with Crippen LogP contribution < -0.4 is 15.6 Å². The van der Waals surface area contributed by atoms with Gasteiger partial charge in [-0.3, -0.25) is 19.0 Å². The van der Waals surface area contributed by atoms with Gasteiger partial charge in [-0.15, -0.1) is 0 Å². The lowest BCUT2D eigenvalue weighted by atomic mass is 9.67. The molecule has 1 spiro atoms. The van der Waals surface area contributed by atoms with Gasteiger partial charge in [0.15, 0.2) is 0 Å². The SMILES string of the molecule is COCCN1CC2(CCC(Nc3ncc4cc(-c5ccc(NS(=O)(=O)CCC(F)(F)F)c(F)c5)c(=O)n(C(C)C)c4n3)CC2)C1. The minimum atomic E-state index is -4.67. The summed E-state index contributed by atoms with van der Waals surface area (Å²) in [6, 6.07) is 4.86. The van der Waals surface area contributed by atoms with Gasteiger partial charge >= 0.3 is 6.18 Å². The predicted molar refractivity (Wildman–Crippen MR) is 164 cm³/mol. The van der Waals surface area contributed by atoms with E-state index in [1.54, 1.807) is 19.4 Å². The lowest BCUT2D eigenvalue weighted by Gasteiger charge is -2.53. The van der Waals surface area contributed by atoms with Gasteiger partial charge in [-0.2, -0.15) is 18.2 Å². The first-order chi connectivity index (χ1) is 21.2. The minimum absolute atomic E-state index is 0.142. The van der Waals surface area contributed by atoms with Crippen LogP contribution in [0.15, 0.2) is 35.3 Å². The number of pyridine rings is 1. The molecule has 0 radical (unpaired) electrons. The molecule has 3 heterocycles. The molecule has 45 heavy (non-hydrogen) atoms. The van der Waals surface area contributed by atoms with Crippen molar-refractivity contribution >= 4 is 32.7 Å². The third-order valence-corrected chi connectivity index (χ3v) is 9.87. The third kappa shape index (κ3) is 7.75. The second kappa shape index (κ2) is 12.8. The van der Waals surface area contributed by atoms with Crippen molar-refractivity contribution in [1.29, 1.82) is 0 Å². The largest absolute Gasteiger partial charge is 0.390 e. The van der Waals surface area contributed by atoms with Crippen molar-refractivity contribution in [2.75, 3.05) is 49.1 Å². The van der Waals surface area contributed by atoms with Gasteiger partial charge in [-0.1, -0.05) is 6.07 Å². The Morgan fingerprint density at radius 3 is 2.49 bits per heavy atom. The molecular formula is C30H38F4N6O4S. The Kier molecular flexibility index (Phi) is 9.43. The average Bonchev–Trinajstić information content (AvgIpc) is 2.95. The third-order valence-electron chi connectivity index (χ3n) is 8.60. The van der Waals surface area contributed by atoms with E-state index < -0.39 is 45.4 Å². The molecule has 246 valence electrons. The summed E-state index contributed by atoms with van der Waals surface area (Å²) in [5.74, 6) is -1.85. The highest BCUT2D eigenvalue weighted by Crippen LogP contribution is 2.44. The van der Waals surface area contributed by atoms with Gasteiger partial charge < -0.3 is 10.1 Å². The summed E-state index contributed by atoms with van der Waals surface area (Å²) >= 11 is 0. The van der Waals surface area contributed by atoms with Gasteiger partial charge in [0, 0.05) is 56.0 Å². The normalized spacial score (nSPS) is 17.6. The van der Waals surface area contributed by atoms with Crippen molar-refractivity contribution < 1.29 is 30.7 Å². The monoisotopic (exact) mass is 654 g/mol. The summed E-state index contributed by atoms with van der Waals surface area (Å²) in [5, 5.41) is 4.00. The Hall–Kier alpha value is -3.30. The maximum atomic E-state index is 15.0. The highest BCUT2D eigenvalue weighted by molar-refractivity contribution is 7.92. The Morgan fingerprint density at radius 1 is 1.16 bits per heavy atom. The number of nitrogens with zero attached hydrogens (tertiary/aromatic N) is 4. The van der Waals surface area contributed by atoms with Crippen molar-refractivity contribution in [3.05, 3.63) is 46.6 Å². The Bertz CT molecular complexity index is 1700. The quantitative estimate of drug-likeness (QED) is 0.272. The van der Waals surface area contributed by atoms with Crippen LogP contribution in [0, 0.1) is 11.2 Å². The number of halogens is 4. The number of alkyl halides is 3. The summed E-state index contributed by atoms with van der Waals surface area (Å²) in [4.78, 5) is 25.3. The molecule has 0 amide bonds. The Morgan fingerprint density at radius 2 is 1.87 bits per heavy atom. The molecule has 2 aliphatic rings. The van der Waals surface area contributed by atoms with E-state index in [1.807, 2.05) is 18.6 Å². The molecule has 1 saturated heterocycles. The molecule has 1 aromatic carbocycles. The van der Waals surface area contributed by atoms with Crippen LogP contribution in [0.25, 0.3) is 22.2 Å². The first-order valence-corrected chi connectivity index (χ1v) is 16.6. The highest BCUT2D eigenvalue weighted by atomic mass is 32.2. The predicted octanol–water partition coefficient (Wildman–Crippen LogP) is 5.18. The molecule has 1 saturated carbocycles. The summed E-state index contributed by atoms with van der Waals surface area (Å²) in [6.45, 7) is 7.56. The van der Waals surface area contributed by atoms with Crippen LogP contribution in [-0.2, 0) is 14.8 Å². The zero-order valence-corrected chi connectivity index (χ0v) is 26.3. The number of hydrogen-bond acceptors (Lipinski definition) is 8. The standard InChI is InChI=1S/C30H38F4N6O4S/c1-19(2)40-26-21(16-35-28(37-26)36-22-6-8-29(9-7-22)17-39(18-29)11-12-44-3)14-23(27(40)41)20-4-5-25(24(31)15-20)38-45(42,43)13-10-30(32,33)34/h4-5,14-16,19,22,38H,6-13,17-18H2,1-3H3,(H,35,36,37). The number of nitrogens with one attached hydrogen (secondary N) is 2. The van der Waals surface area contributed by atoms with Crippen LogP contribution >= 0.6 is 0 Å². The van der Waals surface area contributed by atoms with Crippen LogP contribution in [0.4, 0.5) is 29.2 Å². The van der Waals surface area contributed by atoms with Crippen LogP contribution in [-0.4, -0.2) is 79.2 Å². The molecule has 2 aromatic heterocycles. The number of hydrogen-bond donors (Lipinski definition) is 2. The number of ether oxygens (including phenoxy) is 1. The minimum Gasteiger partial charge on any atom is -0.383 e. The summed E-state index contributed by atoms with van der Waals surface area (Å²) in [5.41, 5.74) is 0.165. The summed E-state index contributed by atoms with van der Waals surface area (Å²) in [7, 11) is -2.73. The fourth-order valence-electron chi connectivity index (χ4n) is 6.26. The molecule has 2 fully saturated rings. The number of fused-ring (bicyclic) bond motifs is 1. The first-order valence-electron chi connectivity index (χ1n) is 14.9. The van der Waals surface area contributed by atoms with Gasteiger partial charge in [0.2, 0.25) is 16.0 Å². The molecule has 3 aromatic rings. The van der Waals surface area contributed by atoms with E-state index in [4.69, 9.17) is 9.72 Å². The van der Waals surface area contributed by atoms with E-state index in [1.165, 1.54) is 10.6 Å². The van der Waals surface area contributed by atoms with Crippen molar-refractivity contribution in [2.24, 2.45) is 5.41 Å². The maximum Gasteiger partial charge on any atom is 0.390 e. The second-order valence-electron chi connectivity index (χ2n) is 12.4. The number of aromatic nitrogens is 3. The molecule has 0 bridgehead atoms. The van der Waals surface area contributed by atoms with Crippen LogP contribution in [0.5, 0.6) is 0 Å². The van der Waals surface area contributed by atoms with Gasteiger partial charge in [0.1, 0.15) is 11.5 Å². The molecule has 15 heteroatoms. The molecule has 10 nitrogen and oxygen atoms in total. The lowest BCUT2D eigenvalue weighted by molar-refractivity contribution is -0.129. The fraction of sp³-hybridized carbons (Fsp3) is 0.567. The molecule has 1 aliphatic carbocycles. The summed E-state index contributed by atoms with van der Waals surface area (Å²) < 4.78 is 85.1. The smallest absolute Gasteiger partial charge is 0.383 e. The topological polar surface area (TPSA) is 118 Å². The number of sulfonamides is 1. The number of likely N-dealkylation sites (tertiary alicyclic amines) is 1. The number of benzene rings is 1. The van der Waals surface area contributed by atoms with E-state index in [0.29, 0.717) is 22.4 Å². The Labute approximate surface area is 259 Å². The van der Waals surface area contributed by atoms with E-state index in [-0.39, 0.29) is 23.2 Å².